The van der Waals surface area contributed by atoms with Gasteiger partial charge in [-0.2, -0.15) is 5.26 Å². The van der Waals surface area contributed by atoms with Gasteiger partial charge in [-0.3, -0.25) is 4.98 Å². The lowest BCUT2D eigenvalue weighted by Crippen LogP contribution is -2.40. The number of anilines is 1. The van der Waals surface area contributed by atoms with Gasteiger partial charge < -0.3 is 10.0 Å². The maximum Gasteiger partial charge on any atom is 0.354 e. The van der Waals surface area contributed by atoms with Crippen LogP contribution < -0.4 is 4.90 Å². The summed E-state index contributed by atoms with van der Waals surface area (Å²) in [6.45, 7) is 4.92. The van der Waals surface area contributed by atoms with Crippen molar-refractivity contribution in [3.63, 3.8) is 0 Å². The Morgan fingerprint density at radius 2 is 1.94 bits per heavy atom. The van der Waals surface area contributed by atoms with Gasteiger partial charge in [-0.05, 0) is 67.2 Å². The molecule has 0 saturated carbocycles. The van der Waals surface area contributed by atoms with Gasteiger partial charge in [0.05, 0.1) is 35.4 Å². The Bertz CT molecular complexity index is 1250. The number of nitrogens with zero attached hydrogens (tertiary/aromatic N) is 6. The van der Waals surface area contributed by atoms with E-state index in [-0.39, 0.29) is 5.75 Å². The fraction of sp³-hybridized carbons (Fsp3) is 0.320. The average Bonchev–Trinajstić information content (AvgIpc) is 2.85. The van der Waals surface area contributed by atoms with E-state index in [2.05, 4.69) is 49.8 Å². The third-order valence-corrected chi connectivity index (χ3v) is 6.44. The third kappa shape index (κ3) is 3.58. The molecule has 1 saturated heterocycles. The number of aromatic hydroxyl groups is 1. The Balaban J connectivity index is 1.53. The van der Waals surface area contributed by atoms with Crippen molar-refractivity contribution in [2.75, 3.05) is 24.5 Å². The number of nitriles is 1. The molecule has 7 heteroatoms. The minimum Gasteiger partial charge on any atom is -0.507 e. The molecular weight excluding hydrogens is 400 g/mol. The predicted octanol–water partition coefficient (Wildman–Crippen LogP) is 3.76. The zero-order valence-corrected chi connectivity index (χ0v) is 18.1. The normalized spacial score (nSPS) is 18.2. The second kappa shape index (κ2) is 8.39. The zero-order chi connectivity index (χ0) is 22.1. The van der Waals surface area contributed by atoms with E-state index in [1.807, 2.05) is 12.4 Å². The topological polar surface area (TPSA) is 88.9 Å². The lowest BCUT2D eigenvalue weighted by atomic mass is 9.96. The third-order valence-electron chi connectivity index (χ3n) is 6.44. The van der Waals surface area contributed by atoms with Crippen molar-refractivity contribution in [1.29, 1.82) is 5.26 Å². The predicted molar refractivity (Wildman–Crippen MR) is 122 cm³/mol. The van der Waals surface area contributed by atoms with E-state index in [0.717, 1.165) is 56.7 Å². The van der Waals surface area contributed by atoms with Gasteiger partial charge in [0.15, 0.2) is 0 Å². The van der Waals surface area contributed by atoms with Crippen molar-refractivity contribution in [3.05, 3.63) is 59.4 Å². The number of hydrogen-bond acceptors (Lipinski definition) is 6. The van der Waals surface area contributed by atoms with Crippen LogP contribution in [0.15, 0.2) is 42.7 Å². The molecule has 2 aliphatic heterocycles. The molecule has 7 nitrogen and oxygen atoms in total. The summed E-state index contributed by atoms with van der Waals surface area (Å²) in [4.78, 5) is 6.54. The quantitative estimate of drug-likeness (QED) is 0.629. The molecule has 2 aliphatic rings. The number of phenols is 1. The smallest absolute Gasteiger partial charge is 0.354 e. The lowest BCUT2D eigenvalue weighted by molar-refractivity contribution is -0.453. The minimum absolute atomic E-state index is 0.0590. The summed E-state index contributed by atoms with van der Waals surface area (Å²) < 4.78 is 2.36. The molecule has 1 aromatic carbocycles. The van der Waals surface area contributed by atoms with Crippen LogP contribution in [0.1, 0.15) is 36.0 Å². The van der Waals surface area contributed by atoms with E-state index >= 15 is 0 Å². The molecule has 0 radical (unpaired) electrons. The van der Waals surface area contributed by atoms with Crippen LogP contribution in [-0.2, 0) is 6.42 Å². The summed E-state index contributed by atoms with van der Waals surface area (Å²) in [6, 6.07) is 11.1. The van der Waals surface area contributed by atoms with Crippen LogP contribution in [0.25, 0.3) is 11.3 Å². The second-order valence-electron chi connectivity index (χ2n) is 8.37. The fourth-order valence-corrected chi connectivity index (χ4v) is 4.79. The van der Waals surface area contributed by atoms with Gasteiger partial charge in [0, 0.05) is 36.6 Å². The molecule has 2 aromatic heterocycles. The molecule has 5 rings (SSSR count). The molecule has 0 aliphatic carbocycles. The zero-order valence-electron chi connectivity index (χ0n) is 18.1. The SMILES string of the molecule is Cc1c(-c2ccc(C#N)cc2O)nnc2c1CCC[N+]2=C1CCCN(c2ccncc2)C1. The van der Waals surface area contributed by atoms with Crippen LogP contribution >= 0.6 is 0 Å². The molecule has 0 spiro atoms. The maximum absolute atomic E-state index is 10.5. The van der Waals surface area contributed by atoms with E-state index < -0.39 is 0 Å². The van der Waals surface area contributed by atoms with Gasteiger partial charge in [-0.1, -0.05) is 0 Å². The lowest BCUT2D eigenvalue weighted by Gasteiger charge is -2.31. The number of aromatic nitrogens is 3. The van der Waals surface area contributed by atoms with Crippen LogP contribution in [0, 0.1) is 18.3 Å². The van der Waals surface area contributed by atoms with E-state index in [0.29, 0.717) is 16.8 Å². The van der Waals surface area contributed by atoms with Crippen molar-refractivity contribution in [2.24, 2.45) is 0 Å². The first-order valence-electron chi connectivity index (χ1n) is 11.0. The Hall–Kier alpha value is -3.79. The first-order valence-corrected chi connectivity index (χ1v) is 11.0. The molecule has 32 heavy (non-hydrogen) atoms. The summed E-state index contributed by atoms with van der Waals surface area (Å²) in [5, 5.41) is 28.7. The number of piperidine rings is 1. The van der Waals surface area contributed by atoms with Crippen molar-refractivity contribution in [3.8, 4) is 23.1 Å². The number of hydrogen-bond donors (Lipinski definition) is 1. The molecule has 0 bridgehead atoms. The van der Waals surface area contributed by atoms with E-state index in [4.69, 9.17) is 5.26 Å². The van der Waals surface area contributed by atoms with Gasteiger partial charge in [-0.25, -0.2) is 4.58 Å². The minimum atomic E-state index is 0.0590. The number of pyridine rings is 1. The summed E-state index contributed by atoms with van der Waals surface area (Å²) >= 11 is 0. The van der Waals surface area contributed by atoms with E-state index in [1.165, 1.54) is 23.0 Å². The van der Waals surface area contributed by atoms with Crippen molar-refractivity contribution in [1.82, 2.24) is 15.2 Å². The Kier molecular flexibility index (Phi) is 5.28. The Morgan fingerprint density at radius 1 is 1.09 bits per heavy atom. The highest BCUT2D eigenvalue weighted by Crippen LogP contribution is 2.36. The standard InChI is InChI=1S/C25H24N6O/c1-17-21-5-3-13-31(20-4-2-12-30(16-20)19-8-10-27-11-9-19)25(21)29-28-24(17)22-7-6-18(15-26)14-23(22)32/h6-11,14H,2-5,12-13,16H2,1H3/p+1. The number of fused-ring (bicyclic) bond motifs is 1. The van der Waals surface area contributed by atoms with Gasteiger partial charge >= 0.3 is 5.82 Å². The van der Waals surface area contributed by atoms with Crippen LogP contribution in [0.3, 0.4) is 0 Å². The van der Waals surface area contributed by atoms with E-state index in [9.17, 15) is 5.11 Å². The number of phenolic OH excluding ortho intramolecular Hbond substituents is 1. The molecule has 0 atom stereocenters. The van der Waals surface area contributed by atoms with Gasteiger partial charge in [-0.15, -0.1) is 0 Å². The first-order chi connectivity index (χ1) is 15.7. The number of rotatable bonds is 2. The summed E-state index contributed by atoms with van der Waals surface area (Å²) in [5.41, 5.74) is 6.52. The van der Waals surface area contributed by atoms with Crippen LogP contribution in [-0.4, -0.2) is 50.2 Å². The average molecular weight is 426 g/mol. The first kappa shape index (κ1) is 20.1. The molecule has 1 fully saturated rings. The summed E-state index contributed by atoms with van der Waals surface area (Å²) in [6.07, 6.45) is 7.84. The van der Waals surface area contributed by atoms with Crippen molar-refractivity contribution >= 4 is 17.2 Å². The molecule has 160 valence electrons. The van der Waals surface area contributed by atoms with Crippen LogP contribution in [0.4, 0.5) is 11.5 Å². The second-order valence-corrected chi connectivity index (χ2v) is 8.37. The van der Waals surface area contributed by atoms with Crippen molar-refractivity contribution in [2.45, 2.75) is 32.6 Å². The molecule has 0 amide bonds. The van der Waals surface area contributed by atoms with Crippen molar-refractivity contribution < 1.29 is 9.68 Å². The molecule has 4 heterocycles. The van der Waals surface area contributed by atoms with Gasteiger partial charge in [0.25, 0.3) is 0 Å². The molecule has 3 aromatic rings. The summed E-state index contributed by atoms with van der Waals surface area (Å²) in [7, 11) is 0. The maximum atomic E-state index is 10.5. The Morgan fingerprint density at radius 3 is 2.72 bits per heavy atom. The highest BCUT2D eigenvalue weighted by atomic mass is 16.3. The van der Waals surface area contributed by atoms with Gasteiger partial charge in [0.1, 0.15) is 17.2 Å². The number of benzene rings is 1. The molecule has 0 unspecified atom stereocenters. The van der Waals surface area contributed by atoms with E-state index in [1.54, 1.807) is 12.1 Å². The highest BCUT2D eigenvalue weighted by molar-refractivity contribution is 5.87. The van der Waals surface area contributed by atoms with Crippen LogP contribution in [0.5, 0.6) is 5.75 Å². The molecular formula is C25H25N6O+. The highest BCUT2D eigenvalue weighted by Gasteiger charge is 2.31. The molecule has 1 N–H and O–H groups in total. The monoisotopic (exact) mass is 425 g/mol. The largest absolute Gasteiger partial charge is 0.507 e. The Labute approximate surface area is 187 Å². The summed E-state index contributed by atoms with van der Waals surface area (Å²) in [5.74, 6) is 1.00. The van der Waals surface area contributed by atoms with Crippen LogP contribution in [0.2, 0.25) is 0 Å². The van der Waals surface area contributed by atoms with Gasteiger partial charge in [0.2, 0.25) is 0 Å². The fourth-order valence-electron chi connectivity index (χ4n) is 4.79.